The van der Waals surface area contributed by atoms with Crippen molar-refractivity contribution >= 4 is 27.5 Å². The van der Waals surface area contributed by atoms with E-state index < -0.39 is 16.1 Å². The summed E-state index contributed by atoms with van der Waals surface area (Å²) in [6, 6.07) is 4.83. The van der Waals surface area contributed by atoms with Gasteiger partial charge in [-0.3, -0.25) is 9.59 Å². The van der Waals surface area contributed by atoms with Crippen LogP contribution in [0, 0.1) is 0 Å². The number of sulfonamides is 1. The van der Waals surface area contributed by atoms with Gasteiger partial charge < -0.3 is 15.5 Å². The maximum Gasteiger partial charge on any atom is 0.241 e. The van der Waals surface area contributed by atoms with Crippen molar-refractivity contribution in [1.29, 1.82) is 0 Å². The first-order chi connectivity index (χ1) is 11.2. The summed E-state index contributed by atoms with van der Waals surface area (Å²) in [5.74, 6) is -0.559. The fourth-order valence-corrected chi connectivity index (χ4v) is 3.19. The second kappa shape index (κ2) is 8.76. The van der Waals surface area contributed by atoms with E-state index in [1.165, 1.54) is 43.0 Å². The Morgan fingerprint density at radius 3 is 2.29 bits per heavy atom. The minimum atomic E-state index is -3.83. The summed E-state index contributed by atoms with van der Waals surface area (Å²) in [6.45, 7) is 3.96. The highest BCUT2D eigenvalue weighted by atomic mass is 32.2. The van der Waals surface area contributed by atoms with Crippen LogP contribution in [0.2, 0.25) is 0 Å². The summed E-state index contributed by atoms with van der Waals surface area (Å²) < 4.78 is 27.0. The van der Waals surface area contributed by atoms with Gasteiger partial charge in [-0.1, -0.05) is 0 Å². The molecule has 0 aliphatic heterocycles. The van der Waals surface area contributed by atoms with Gasteiger partial charge in [0.05, 0.1) is 10.9 Å². The molecule has 1 aromatic carbocycles. The highest BCUT2D eigenvalue weighted by Gasteiger charge is 2.24. The van der Waals surface area contributed by atoms with E-state index in [1.54, 1.807) is 14.1 Å². The van der Waals surface area contributed by atoms with Gasteiger partial charge in [0.25, 0.3) is 0 Å². The maximum atomic E-state index is 12.3. The van der Waals surface area contributed by atoms with E-state index >= 15 is 0 Å². The largest absolute Gasteiger partial charge is 0.343 e. The number of carbonyl (C=O) groups is 2. The van der Waals surface area contributed by atoms with E-state index in [0.29, 0.717) is 18.8 Å². The molecule has 0 aliphatic rings. The smallest absolute Gasteiger partial charge is 0.241 e. The molecule has 0 aliphatic carbocycles. The Kier molecular flexibility index (Phi) is 7.33. The molecule has 134 valence electrons. The number of carbonyl (C=O) groups excluding carboxylic acids is 2. The second-order valence-corrected chi connectivity index (χ2v) is 7.13. The minimum Gasteiger partial charge on any atom is -0.343 e. The van der Waals surface area contributed by atoms with Crippen LogP contribution < -0.4 is 15.4 Å². The van der Waals surface area contributed by atoms with Gasteiger partial charge in [0.15, 0.2) is 0 Å². The van der Waals surface area contributed by atoms with Gasteiger partial charge in [0.1, 0.15) is 0 Å². The zero-order valence-corrected chi connectivity index (χ0v) is 15.1. The summed E-state index contributed by atoms with van der Waals surface area (Å²) in [6.07, 6.45) is 0. The van der Waals surface area contributed by atoms with E-state index in [2.05, 4.69) is 15.4 Å². The van der Waals surface area contributed by atoms with Crippen LogP contribution in [0.4, 0.5) is 5.69 Å². The zero-order valence-electron chi connectivity index (χ0n) is 14.3. The van der Waals surface area contributed by atoms with E-state index in [1.807, 2.05) is 0 Å². The van der Waals surface area contributed by atoms with Crippen LogP contribution in [-0.4, -0.2) is 58.4 Å². The number of nitrogens with zero attached hydrogens (tertiary/aromatic N) is 1. The Balaban J connectivity index is 2.77. The topological polar surface area (TPSA) is 108 Å². The third-order valence-electron chi connectivity index (χ3n) is 3.26. The maximum absolute atomic E-state index is 12.3. The third-order valence-corrected chi connectivity index (χ3v) is 4.82. The molecule has 0 heterocycles. The van der Waals surface area contributed by atoms with Gasteiger partial charge in [-0.05, 0) is 38.2 Å². The standard InChI is InChI=1S/C15H24N4O4S/c1-11(15(21)19(4)10-9-16-3)18-24(22,23)14-7-5-13(6-8-14)17-12(2)20/h5-8,11,16,18H,9-10H2,1-4H3,(H,17,20). The highest BCUT2D eigenvalue weighted by molar-refractivity contribution is 7.89. The SMILES string of the molecule is CNCCN(C)C(=O)C(C)NS(=O)(=O)c1ccc(NC(C)=O)cc1. The van der Waals surface area contributed by atoms with Crippen LogP contribution >= 0.6 is 0 Å². The van der Waals surface area contributed by atoms with Crippen LogP contribution in [0.25, 0.3) is 0 Å². The molecule has 3 N–H and O–H groups in total. The molecular weight excluding hydrogens is 332 g/mol. The Morgan fingerprint density at radius 2 is 1.79 bits per heavy atom. The molecule has 8 nitrogen and oxygen atoms in total. The molecule has 0 radical (unpaired) electrons. The van der Waals surface area contributed by atoms with Gasteiger partial charge in [0, 0.05) is 32.7 Å². The monoisotopic (exact) mass is 356 g/mol. The Labute approximate surface area is 142 Å². The number of benzene rings is 1. The molecule has 0 bridgehead atoms. The summed E-state index contributed by atoms with van der Waals surface area (Å²) in [7, 11) is -0.439. The molecule has 1 atom stereocenters. The lowest BCUT2D eigenvalue weighted by molar-refractivity contribution is -0.131. The number of anilines is 1. The van der Waals surface area contributed by atoms with Gasteiger partial charge in [-0.25, -0.2) is 8.42 Å². The van der Waals surface area contributed by atoms with Crippen LogP contribution in [-0.2, 0) is 19.6 Å². The molecule has 2 amide bonds. The van der Waals surface area contributed by atoms with Gasteiger partial charge >= 0.3 is 0 Å². The zero-order chi connectivity index (χ0) is 18.3. The molecule has 0 spiro atoms. The normalized spacial score (nSPS) is 12.5. The first-order valence-electron chi connectivity index (χ1n) is 7.47. The number of hydrogen-bond acceptors (Lipinski definition) is 5. The third kappa shape index (κ3) is 5.91. The van der Waals surface area contributed by atoms with Crippen molar-refractivity contribution in [3.8, 4) is 0 Å². The molecule has 24 heavy (non-hydrogen) atoms. The molecule has 9 heteroatoms. The van der Waals surface area contributed by atoms with E-state index in [4.69, 9.17) is 0 Å². The lowest BCUT2D eigenvalue weighted by Crippen LogP contribution is -2.46. The first kappa shape index (κ1) is 20.1. The molecule has 1 aromatic rings. The van der Waals surface area contributed by atoms with Crippen LogP contribution in [0.5, 0.6) is 0 Å². The van der Waals surface area contributed by atoms with Crippen molar-refractivity contribution < 1.29 is 18.0 Å². The predicted octanol–water partition coefficient (Wildman–Crippen LogP) is -0.0104. The van der Waals surface area contributed by atoms with Gasteiger partial charge in [-0.15, -0.1) is 0 Å². The van der Waals surface area contributed by atoms with Crippen molar-refractivity contribution in [3.63, 3.8) is 0 Å². The van der Waals surface area contributed by atoms with Crippen molar-refractivity contribution in [2.75, 3.05) is 32.5 Å². The average Bonchev–Trinajstić information content (AvgIpc) is 2.51. The quantitative estimate of drug-likeness (QED) is 0.607. The number of amides is 2. The van der Waals surface area contributed by atoms with Crippen molar-refractivity contribution in [3.05, 3.63) is 24.3 Å². The van der Waals surface area contributed by atoms with Gasteiger partial charge in [-0.2, -0.15) is 4.72 Å². The van der Waals surface area contributed by atoms with E-state index in [-0.39, 0.29) is 16.7 Å². The van der Waals surface area contributed by atoms with Crippen LogP contribution in [0.3, 0.4) is 0 Å². The molecule has 1 unspecified atom stereocenters. The summed E-state index contributed by atoms with van der Waals surface area (Å²) >= 11 is 0. The first-order valence-corrected chi connectivity index (χ1v) is 8.95. The summed E-state index contributed by atoms with van der Waals surface area (Å²) in [5.41, 5.74) is 0.498. The van der Waals surface area contributed by atoms with Crippen LogP contribution in [0.15, 0.2) is 29.2 Å². The van der Waals surface area contributed by atoms with E-state index in [9.17, 15) is 18.0 Å². The second-order valence-electron chi connectivity index (χ2n) is 5.41. The number of likely N-dealkylation sites (N-methyl/N-ethyl adjacent to an activating group) is 2. The molecule has 0 aromatic heterocycles. The van der Waals surface area contributed by atoms with Crippen molar-refractivity contribution in [2.45, 2.75) is 24.8 Å². The lowest BCUT2D eigenvalue weighted by Gasteiger charge is -2.22. The summed E-state index contributed by atoms with van der Waals surface area (Å²) in [4.78, 5) is 24.6. The Morgan fingerprint density at radius 1 is 1.21 bits per heavy atom. The molecule has 0 saturated carbocycles. The minimum absolute atomic E-state index is 0.0223. The Bertz CT molecular complexity index is 673. The molecule has 0 fully saturated rings. The molecular formula is C15H24N4O4S. The predicted molar refractivity (Wildman–Crippen MR) is 92.1 cm³/mol. The lowest BCUT2D eigenvalue weighted by atomic mass is 10.3. The molecule has 1 rings (SSSR count). The van der Waals surface area contributed by atoms with Crippen LogP contribution in [0.1, 0.15) is 13.8 Å². The number of rotatable bonds is 8. The summed E-state index contributed by atoms with van der Waals surface area (Å²) in [5, 5.41) is 5.48. The van der Waals surface area contributed by atoms with Crippen molar-refractivity contribution in [2.24, 2.45) is 0 Å². The highest BCUT2D eigenvalue weighted by Crippen LogP contribution is 2.14. The molecule has 0 saturated heterocycles. The van der Waals surface area contributed by atoms with Gasteiger partial charge in [0.2, 0.25) is 21.8 Å². The number of hydrogen-bond donors (Lipinski definition) is 3. The number of nitrogens with one attached hydrogen (secondary N) is 3. The van der Waals surface area contributed by atoms with E-state index in [0.717, 1.165) is 0 Å². The fourth-order valence-electron chi connectivity index (χ4n) is 1.99. The fraction of sp³-hybridized carbons (Fsp3) is 0.467. The Hall–Kier alpha value is -1.97. The average molecular weight is 356 g/mol. The van der Waals surface area contributed by atoms with Crippen molar-refractivity contribution in [1.82, 2.24) is 14.9 Å².